The van der Waals surface area contributed by atoms with Gasteiger partial charge in [0.2, 0.25) is 5.89 Å². The maximum absolute atomic E-state index is 13.4. The number of rotatable bonds is 6. The van der Waals surface area contributed by atoms with Gasteiger partial charge in [0.05, 0.1) is 12.1 Å². The number of nitrogens with zero attached hydrogens (tertiary/aromatic N) is 8. The smallest absolute Gasteiger partial charge is 0.272 e. The first-order valence-corrected chi connectivity index (χ1v) is 13.1. The quantitative estimate of drug-likeness (QED) is 0.310. The van der Waals surface area contributed by atoms with E-state index in [1.54, 1.807) is 41.3 Å². The lowest BCUT2D eigenvalue weighted by atomic mass is 10.0. The van der Waals surface area contributed by atoms with Gasteiger partial charge in [-0.2, -0.15) is 4.80 Å². The molecule has 204 valence electrons. The number of amides is 1. The standard InChI is InChI=1S/C28H27N9O2.ClH/c29-20-6-9-24-22(17-20)31-27(39-24)19-10-11-30-23(16-19)28(38)36-14-12-35(13-15-36)25(18-4-2-1-3-5-18)26-32-34-37(33-26)21-7-8-21;/h1-6,9-11,16-17,21,25H,7-8,12-15,29H2;1H. The fourth-order valence-electron chi connectivity index (χ4n) is 5.06. The fourth-order valence-corrected chi connectivity index (χ4v) is 5.06. The van der Waals surface area contributed by atoms with E-state index in [0.29, 0.717) is 72.0 Å². The molecule has 1 unspecified atom stereocenters. The van der Waals surface area contributed by atoms with E-state index in [0.717, 1.165) is 18.4 Å². The summed E-state index contributed by atoms with van der Waals surface area (Å²) in [4.78, 5) is 28.2. The van der Waals surface area contributed by atoms with E-state index in [4.69, 9.17) is 15.2 Å². The number of hydrogen-bond donors (Lipinski definition) is 1. The first-order chi connectivity index (χ1) is 19.1. The van der Waals surface area contributed by atoms with Crippen molar-refractivity contribution in [2.45, 2.75) is 24.9 Å². The number of tetrazole rings is 1. The largest absolute Gasteiger partial charge is 0.436 e. The average molecular weight is 558 g/mol. The summed E-state index contributed by atoms with van der Waals surface area (Å²) in [5.41, 5.74) is 9.96. The summed E-state index contributed by atoms with van der Waals surface area (Å²) in [5.74, 6) is 1.00. The molecule has 2 aliphatic rings. The minimum Gasteiger partial charge on any atom is -0.436 e. The molecule has 1 atom stereocenters. The Balaban J connectivity index is 0.00000289. The zero-order valence-corrected chi connectivity index (χ0v) is 22.4. The normalized spacial score (nSPS) is 16.6. The number of fused-ring (bicyclic) bond motifs is 1. The van der Waals surface area contributed by atoms with Crippen LogP contribution in [0.2, 0.25) is 0 Å². The Morgan fingerprint density at radius 2 is 1.80 bits per heavy atom. The summed E-state index contributed by atoms with van der Waals surface area (Å²) in [6, 6.07) is 19.3. The van der Waals surface area contributed by atoms with Gasteiger partial charge < -0.3 is 15.1 Å². The Labute approximate surface area is 236 Å². The van der Waals surface area contributed by atoms with Crippen molar-refractivity contribution in [1.29, 1.82) is 0 Å². The van der Waals surface area contributed by atoms with Gasteiger partial charge in [-0.05, 0) is 54.0 Å². The minimum atomic E-state index is -0.120. The molecule has 1 saturated heterocycles. The van der Waals surface area contributed by atoms with Gasteiger partial charge in [-0.15, -0.1) is 22.6 Å². The van der Waals surface area contributed by atoms with Crippen molar-refractivity contribution in [3.05, 3.63) is 83.9 Å². The van der Waals surface area contributed by atoms with Gasteiger partial charge >= 0.3 is 0 Å². The number of aromatic nitrogens is 6. The summed E-state index contributed by atoms with van der Waals surface area (Å²) in [7, 11) is 0. The summed E-state index contributed by atoms with van der Waals surface area (Å²) >= 11 is 0. The molecule has 0 radical (unpaired) electrons. The number of anilines is 1. The van der Waals surface area contributed by atoms with E-state index in [1.807, 2.05) is 23.1 Å². The highest BCUT2D eigenvalue weighted by Gasteiger charge is 2.33. The van der Waals surface area contributed by atoms with Crippen molar-refractivity contribution >= 4 is 35.1 Å². The molecule has 2 aromatic carbocycles. The second-order valence-electron chi connectivity index (χ2n) is 10.0. The molecule has 40 heavy (non-hydrogen) atoms. The Hall–Kier alpha value is -4.35. The topological polar surface area (TPSA) is 132 Å². The van der Waals surface area contributed by atoms with Crippen molar-refractivity contribution in [3.8, 4) is 11.5 Å². The van der Waals surface area contributed by atoms with Crippen LogP contribution in [0.25, 0.3) is 22.6 Å². The molecule has 7 rings (SSSR count). The van der Waals surface area contributed by atoms with E-state index < -0.39 is 0 Å². The van der Waals surface area contributed by atoms with Crippen molar-refractivity contribution in [3.63, 3.8) is 0 Å². The molecule has 2 N–H and O–H groups in total. The van der Waals surface area contributed by atoms with E-state index in [-0.39, 0.29) is 24.4 Å². The van der Waals surface area contributed by atoms with Gasteiger partial charge in [-0.1, -0.05) is 30.3 Å². The number of carbonyl (C=O) groups excluding carboxylic acids is 1. The number of benzene rings is 2. The number of nitrogens with two attached hydrogens (primary N) is 1. The van der Waals surface area contributed by atoms with Crippen LogP contribution >= 0.6 is 12.4 Å². The van der Waals surface area contributed by atoms with E-state index >= 15 is 0 Å². The van der Waals surface area contributed by atoms with E-state index in [9.17, 15) is 4.79 Å². The van der Waals surface area contributed by atoms with Crippen molar-refractivity contribution < 1.29 is 9.21 Å². The third-order valence-corrected chi connectivity index (χ3v) is 7.28. The minimum absolute atomic E-state index is 0. The van der Waals surface area contributed by atoms with Crippen LogP contribution in [0.5, 0.6) is 0 Å². The highest BCUT2D eigenvalue weighted by atomic mass is 35.5. The maximum atomic E-state index is 13.4. The van der Waals surface area contributed by atoms with Crippen LogP contribution in [-0.2, 0) is 0 Å². The predicted octanol–water partition coefficient (Wildman–Crippen LogP) is 3.76. The lowest BCUT2D eigenvalue weighted by Crippen LogP contribution is -2.50. The second kappa shape index (κ2) is 10.7. The third-order valence-electron chi connectivity index (χ3n) is 7.28. The second-order valence-corrected chi connectivity index (χ2v) is 10.0. The van der Waals surface area contributed by atoms with Gasteiger partial charge in [-0.3, -0.25) is 14.7 Å². The van der Waals surface area contributed by atoms with Crippen molar-refractivity contribution in [2.75, 3.05) is 31.9 Å². The molecule has 12 heteroatoms. The van der Waals surface area contributed by atoms with Crippen LogP contribution in [-0.4, -0.2) is 72.1 Å². The lowest BCUT2D eigenvalue weighted by molar-refractivity contribution is 0.0586. The van der Waals surface area contributed by atoms with Crippen LogP contribution in [0, 0.1) is 0 Å². The Morgan fingerprint density at radius 1 is 1.00 bits per heavy atom. The van der Waals surface area contributed by atoms with Gasteiger partial charge in [0.25, 0.3) is 5.91 Å². The van der Waals surface area contributed by atoms with Gasteiger partial charge in [0.1, 0.15) is 11.2 Å². The average Bonchev–Trinajstić information content (AvgIpc) is 3.56. The molecule has 1 aliphatic carbocycles. The SMILES string of the molecule is Cl.Nc1ccc2oc(-c3ccnc(C(=O)N4CCN(C(c5ccccc5)c5nnn(C6CC6)n5)CC4)c3)nc2c1. The van der Waals surface area contributed by atoms with Crippen LogP contribution < -0.4 is 5.73 Å². The van der Waals surface area contributed by atoms with Crippen LogP contribution in [0.15, 0.2) is 71.3 Å². The molecule has 0 spiro atoms. The zero-order valence-electron chi connectivity index (χ0n) is 21.6. The molecule has 3 aromatic heterocycles. The molecule has 1 aliphatic heterocycles. The van der Waals surface area contributed by atoms with Crippen LogP contribution in [0.4, 0.5) is 5.69 Å². The predicted molar refractivity (Wildman–Crippen MR) is 151 cm³/mol. The Morgan fingerprint density at radius 3 is 2.58 bits per heavy atom. The molecule has 1 amide bonds. The van der Waals surface area contributed by atoms with Gasteiger partial charge in [-0.25, -0.2) is 4.98 Å². The highest BCUT2D eigenvalue weighted by Crippen LogP contribution is 2.34. The summed E-state index contributed by atoms with van der Waals surface area (Å²) in [6.07, 6.45) is 3.81. The lowest BCUT2D eigenvalue weighted by Gasteiger charge is -2.38. The number of nitrogen functional groups attached to an aromatic ring is 1. The first-order valence-electron chi connectivity index (χ1n) is 13.1. The summed E-state index contributed by atoms with van der Waals surface area (Å²) in [6.45, 7) is 2.48. The van der Waals surface area contributed by atoms with E-state index in [1.165, 1.54) is 0 Å². The van der Waals surface area contributed by atoms with Crippen molar-refractivity contribution in [2.24, 2.45) is 0 Å². The third kappa shape index (κ3) is 5.01. The number of piperazine rings is 1. The molecule has 5 aromatic rings. The number of halogens is 1. The Kier molecular flexibility index (Phi) is 6.91. The van der Waals surface area contributed by atoms with Crippen LogP contribution in [0.3, 0.4) is 0 Å². The molecule has 2 fully saturated rings. The molecular weight excluding hydrogens is 530 g/mol. The number of pyridine rings is 1. The van der Waals surface area contributed by atoms with Crippen molar-refractivity contribution in [1.82, 2.24) is 40.0 Å². The number of hydrogen-bond acceptors (Lipinski definition) is 9. The monoisotopic (exact) mass is 557 g/mol. The summed E-state index contributed by atoms with van der Waals surface area (Å²) < 4.78 is 5.89. The van der Waals surface area contributed by atoms with Gasteiger partial charge in [0, 0.05) is 43.6 Å². The van der Waals surface area contributed by atoms with E-state index in [2.05, 4.69) is 37.3 Å². The Bertz CT molecular complexity index is 1640. The zero-order chi connectivity index (χ0) is 26.3. The fraction of sp³-hybridized carbons (Fsp3) is 0.286. The number of carbonyl (C=O) groups is 1. The molecule has 4 heterocycles. The maximum Gasteiger partial charge on any atom is 0.272 e. The first kappa shape index (κ1) is 25.9. The molecule has 11 nitrogen and oxygen atoms in total. The van der Waals surface area contributed by atoms with Gasteiger partial charge in [0.15, 0.2) is 11.4 Å². The number of oxazole rings is 1. The molecular formula is C28H28ClN9O2. The highest BCUT2D eigenvalue weighted by molar-refractivity contribution is 5.93. The summed E-state index contributed by atoms with van der Waals surface area (Å²) in [5, 5.41) is 13.5. The molecule has 1 saturated carbocycles. The molecule has 0 bridgehead atoms. The van der Waals surface area contributed by atoms with Crippen LogP contribution in [0.1, 0.15) is 46.8 Å².